The molecule has 0 saturated heterocycles. The van der Waals surface area contributed by atoms with Gasteiger partial charge in [0.1, 0.15) is 11.7 Å². The molecule has 0 aliphatic rings. The predicted octanol–water partition coefficient (Wildman–Crippen LogP) is 3.97. The van der Waals surface area contributed by atoms with Crippen LogP contribution in [0.15, 0.2) is 71.9 Å². The number of hydrogen-bond donors (Lipinski definition) is 1. The molecule has 0 spiro atoms. The van der Waals surface area contributed by atoms with E-state index < -0.39 is 17.3 Å². The number of amides is 1. The molecule has 0 fully saturated rings. The molecule has 2 aromatic carbocycles. The maximum atomic E-state index is 13.0. The van der Waals surface area contributed by atoms with Crippen molar-refractivity contribution < 1.29 is 18.0 Å². The molecule has 1 unspecified atom stereocenters. The number of carbonyl (C=O) groups excluding carboxylic acids is 1. The van der Waals surface area contributed by atoms with Gasteiger partial charge in [0, 0.05) is 6.54 Å². The first-order valence-corrected chi connectivity index (χ1v) is 11.2. The molecule has 1 atom stereocenters. The topological polar surface area (TPSA) is 81.8 Å². The smallest absolute Gasteiger partial charge is 0.354 e. The fraction of sp³-hybridized carbons (Fsp3) is 0.280. The monoisotopic (exact) mass is 483 g/mol. The number of carbonyl (C=O) groups is 1. The summed E-state index contributed by atoms with van der Waals surface area (Å²) in [5, 5.41) is 7.37. The summed E-state index contributed by atoms with van der Waals surface area (Å²) in [5.41, 5.74) is 0.448. The van der Waals surface area contributed by atoms with E-state index in [2.05, 4.69) is 15.4 Å². The van der Waals surface area contributed by atoms with Gasteiger partial charge in [0.25, 0.3) is 5.56 Å². The summed E-state index contributed by atoms with van der Waals surface area (Å²) in [6.07, 6.45) is -1.12. The van der Waals surface area contributed by atoms with Crippen molar-refractivity contribution in [2.75, 3.05) is 6.54 Å². The standard InChI is InChI=1S/C25H24F3N5O2/c1-2-20(18-8-4-3-5-9-18)23(34)29-11-12-33-22-21(14-31-33)24(35)32(16-30-22)15-17-7-6-10-19(13-17)25(26,27)28/h3-10,13-14,16,20H,2,11-12,15H2,1H3,(H,29,34). The molecule has 35 heavy (non-hydrogen) atoms. The van der Waals surface area contributed by atoms with E-state index in [0.29, 0.717) is 30.7 Å². The molecular weight excluding hydrogens is 459 g/mol. The normalized spacial score (nSPS) is 12.6. The minimum atomic E-state index is -4.46. The van der Waals surface area contributed by atoms with Crippen LogP contribution >= 0.6 is 0 Å². The van der Waals surface area contributed by atoms with Crippen molar-refractivity contribution in [1.29, 1.82) is 0 Å². The van der Waals surface area contributed by atoms with Crippen LogP contribution in [0.4, 0.5) is 13.2 Å². The maximum absolute atomic E-state index is 13.0. The van der Waals surface area contributed by atoms with Crippen LogP contribution in [0.25, 0.3) is 11.0 Å². The van der Waals surface area contributed by atoms with Gasteiger partial charge in [-0.1, -0.05) is 49.4 Å². The second-order valence-corrected chi connectivity index (χ2v) is 8.14. The van der Waals surface area contributed by atoms with Crippen LogP contribution < -0.4 is 10.9 Å². The Bertz CT molecular complexity index is 1380. The molecule has 7 nitrogen and oxygen atoms in total. The molecular formula is C25H24F3N5O2. The molecule has 2 aromatic heterocycles. The minimum Gasteiger partial charge on any atom is -0.354 e. The van der Waals surface area contributed by atoms with Gasteiger partial charge in [-0.3, -0.25) is 14.2 Å². The van der Waals surface area contributed by atoms with Crippen LogP contribution in [-0.4, -0.2) is 31.8 Å². The van der Waals surface area contributed by atoms with Gasteiger partial charge >= 0.3 is 6.18 Å². The first kappa shape index (κ1) is 24.2. The second-order valence-electron chi connectivity index (χ2n) is 8.14. The third-order valence-corrected chi connectivity index (χ3v) is 5.78. The SMILES string of the molecule is CCC(C(=O)NCCn1ncc2c(=O)n(Cc3cccc(C(F)(F)F)c3)cnc21)c1ccccc1. The number of halogens is 3. The fourth-order valence-electron chi connectivity index (χ4n) is 3.98. The van der Waals surface area contributed by atoms with Crippen LogP contribution in [0.2, 0.25) is 0 Å². The molecule has 2 heterocycles. The van der Waals surface area contributed by atoms with Crippen molar-refractivity contribution >= 4 is 16.9 Å². The fourth-order valence-corrected chi connectivity index (χ4v) is 3.98. The Morgan fingerprint density at radius 3 is 2.60 bits per heavy atom. The lowest BCUT2D eigenvalue weighted by molar-refractivity contribution is -0.137. The van der Waals surface area contributed by atoms with E-state index in [1.54, 1.807) is 0 Å². The Kier molecular flexibility index (Phi) is 6.99. The van der Waals surface area contributed by atoms with E-state index in [-0.39, 0.29) is 23.8 Å². The van der Waals surface area contributed by atoms with E-state index in [9.17, 15) is 22.8 Å². The number of rotatable bonds is 8. The van der Waals surface area contributed by atoms with Crippen molar-refractivity contribution in [3.63, 3.8) is 0 Å². The Morgan fingerprint density at radius 1 is 1.11 bits per heavy atom. The summed E-state index contributed by atoms with van der Waals surface area (Å²) < 4.78 is 41.7. The van der Waals surface area contributed by atoms with E-state index in [0.717, 1.165) is 17.7 Å². The molecule has 4 aromatic rings. The molecule has 182 valence electrons. The minimum absolute atomic E-state index is 0.0508. The van der Waals surface area contributed by atoms with Crippen LogP contribution in [0.5, 0.6) is 0 Å². The van der Waals surface area contributed by atoms with Gasteiger partial charge in [-0.05, 0) is 29.7 Å². The lowest BCUT2D eigenvalue weighted by Gasteiger charge is -2.15. The quantitative estimate of drug-likeness (QED) is 0.411. The van der Waals surface area contributed by atoms with E-state index in [4.69, 9.17) is 0 Å². The number of fused-ring (bicyclic) bond motifs is 1. The highest BCUT2D eigenvalue weighted by Crippen LogP contribution is 2.29. The van der Waals surface area contributed by atoms with Crippen molar-refractivity contribution in [1.82, 2.24) is 24.6 Å². The third kappa shape index (κ3) is 5.42. The maximum Gasteiger partial charge on any atom is 0.416 e. The average Bonchev–Trinajstić information content (AvgIpc) is 3.25. The third-order valence-electron chi connectivity index (χ3n) is 5.78. The highest BCUT2D eigenvalue weighted by atomic mass is 19.4. The van der Waals surface area contributed by atoms with Gasteiger partial charge in [0.05, 0.1) is 30.8 Å². The molecule has 0 saturated carbocycles. The molecule has 0 aliphatic heterocycles. The molecule has 1 N–H and O–H groups in total. The van der Waals surface area contributed by atoms with Crippen molar-refractivity contribution in [3.05, 3.63) is 94.2 Å². The summed E-state index contributed by atoms with van der Waals surface area (Å²) in [5.74, 6) is -0.349. The Hall–Kier alpha value is -3.95. The molecule has 0 bridgehead atoms. The zero-order valence-corrected chi connectivity index (χ0v) is 19.0. The van der Waals surface area contributed by atoms with Gasteiger partial charge in [-0.25, -0.2) is 9.67 Å². The first-order chi connectivity index (χ1) is 16.8. The van der Waals surface area contributed by atoms with Gasteiger partial charge in [0.15, 0.2) is 5.65 Å². The lowest BCUT2D eigenvalue weighted by atomic mass is 9.96. The Labute approximate surface area is 199 Å². The molecule has 1 amide bonds. The number of benzene rings is 2. The molecule has 0 radical (unpaired) electrons. The highest BCUT2D eigenvalue weighted by Gasteiger charge is 2.30. The molecule has 10 heteroatoms. The summed E-state index contributed by atoms with van der Waals surface area (Å²) in [7, 11) is 0. The van der Waals surface area contributed by atoms with Crippen LogP contribution in [0.1, 0.15) is 36.0 Å². The summed E-state index contributed by atoms with van der Waals surface area (Å²) in [6, 6.07) is 14.4. The number of aromatic nitrogens is 4. The van der Waals surface area contributed by atoms with Crippen LogP contribution in [0.3, 0.4) is 0 Å². The van der Waals surface area contributed by atoms with Crippen molar-refractivity contribution in [3.8, 4) is 0 Å². The van der Waals surface area contributed by atoms with Gasteiger partial charge in [-0.15, -0.1) is 0 Å². The van der Waals surface area contributed by atoms with E-state index in [1.165, 1.54) is 33.9 Å². The Balaban J connectivity index is 1.45. The van der Waals surface area contributed by atoms with E-state index >= 15 is 0 Å². The molecule has 0 aliphatic carbocycles. The number of hydrogen-bond acceptors (Lipinski definition) is 4. The van der Waals surface area contributed by atoms with Gasteiger partial charge < -0.3 is 5.32 Å². The van der Waals surface area contributed by atoms with Crippen molar-refractivity contribution in [2.45, 2.75) is 38.5 Å². The number of alkyl halides is 3. The zero-order chi connectivity index (χ0) is 25.0. The van der Waals surface area contributed by atoms with Crippen LogP contribution in [0, 0.1) is 0 Å². The highest BCUT2D eigenvalue weighted by molar-refractivity contribution is 5.83. The van der Waals surface area contributed by atoms with Gasteiger partial charge in [-0.2, -0.15) is 18.3 Å². The summed E-state index contributed by atoms with van der Waals surface area (Å²) in [4.78, 5) is 29.8. The van der Waals surface area contributed by atoms with E-state index in [1.807, 2.05) is 37.3 Å². The predicted molar refractivity (Wildman–Crippen MR) is 125 cm³/mol. The molecule has 4 rings (SSSR count). The average molecular weight is 483 g/mol. The summed E-state index contributed by atoms with van der Waals surface area (Å²) in [6.45, 7) is 2.51. The Morgan fingerprint density at radius 2 is 1.89 bits per heavy atom. The first-order valence-electron chi connectivity index (χ1n) is 11.2. The summed E-state index contributed by atoms with van der Waals surface area (Å²) >= 11 is 0. The zero-order valence-electron chi connectivity index (χ0n) is 19.0. The largest absolute Gasteiger partial charge is 0.416 e. The number of nitrogens with one attached hydrogen (secondary N) is 1. The van der Waals surface area contributed by atoms with Crippen molar-refractivity contribution in [2.24, 2.45) is 0 Å². The lowest BCUT2D eigenvalue weighted by Crippen LogP contribution is -2.32. The van der Waals surface area contributed by atoms with Crippen LogP contribution in [-0.2, 0) is 24.1 Å². The number of nitrogens with zero attached hydrogens (tertiary/aromatic N) is 4. The second kappa shape index (κ2) is 10.1. The van der Waals surface area contributed by atoms with Gasteiger partial charge in [0.2, 0.25) is 5.91 Å².